The fraction of sp³-hybridized carbons (Fsp3) is 0.267. The van der Waals surface area contributed by atoms with E-state index in [-0.39, 0.29) is 18.1 Å². The summed E-state index contributed by atoms with van der Waals surface area (Å²) in [4.78, 5) is 16.0. The largest absolute Gasteiger partial charge is 0.507 e. The van der Waals surface area contributed by atoms with Crippen LogP contribution in [0.15, 0.2) is 28.7 Å². The number of hydrazone groups is 1. The zero-order valence-corrected chi connectivity index (χ0v) is 13.0. The summed E-state index contributed by atoms with van der Waals surface area (Å²) in [5.41, 5.74) is 5.41. The molecule has 0 spiro atoms. The standard InChI is InChI=1S/C15H17N3O2S/c1-9-4-5-14(19)13(6-9)10(2)17-18-15(20)7-12-8-21-11(3)16-12/h4-6,8,19H,7H2,1-3H3,(H,18,20)/b17-10+. The lowest BCUT2D eigenvalue weighted by molar-refractivity contribution is -0.120. The van der Waals surface area contributed by atoms with E-state index in [1.54, 1.807) is 13.0 Å². The van der Waals surface area contributed by atoms with Crippen molar-refractivity contribution in [2.75, 3.05) is 0 Å². The van der Waals surface area contributed by atoms with Crippen molar-refractivity contribution in [3.05, 3.63) is 45.4 Å². The molecule has 1 aromatic carbocycles. The van der Waals surface area contributed by atoms with E-state index in [0.717, 1.165) is 16.3 Å². The molecule has 0 bridgehead atoms. The number of rotatable bonds is 4. The molecule has 0 unspecified atom stereocenters. The molecule has 0 aliphatic heterocycles. The highest BCUT2D eigenvalue weighted by Gasteiger charge is 2.08. The van der Waals surface area contributed by atoms with Crippen molar-refractivity contribution in [1.29, 1.82) is 0 Å². The maximum absolute atomic E-state index is 11.8. The van der Waals surface area contributed by atoms with E-state index in [1.165, 1.54) is 11.3 Å². The van der Waals surface area contributed by atoms with Gasteiger partial charge in [0.2, 0.25) is 5.91 Å². The molecule has 2 N–H and O–H groups in total. The molecule has 0 saturated heterocycles. The third-order valence-corrected chi connectivity index (χ3v) is 3.72. The summed E-state index contributed by atoms with van der Waals surface area (Å²) < 4.78 is 0. The zero-order chi connectivity index (χ0) is 15.4. The molecule has 6 heteroatoms. The van der Waals surface area contributed by atoms with E-state index in [2.05, 4.69) is 15.5 Å². The molecule has 0 aliphatic rings. The van der Waals surface area contributed by atoms with Crippen LogP contribution in [0, 0.1) is 13.8 Å². The van der Waals surface area contributed by atoms with Crippen LogP contribution in [0.3, 0.4) is 0 Å². The first-order valence-corrected chi connectivity index (χ1v) is 7.38. The molecule has 1 aromatic heterocycles. The Balaban J connectivity index is 2.02. The van der Waals surface area contributed by atoms with Gasteiger partial charge in [-0.25, -0.2) is 10.4 Å². The van der Waals surface area contributed by atoms with E-state index in [0.29, 0.717) is 11.3 Å². The van der Waals surface area contributed by atoms with Gasteiger partial charge in [0, 0.05) is 10.9 Å². The fourth-order valence-electron chi connectivity index (χ4n) is 1.84. The van der Waals surface area contributed by atoms with Gasteiger partial charge in [-0.2, -0.15) is 5.10 Å². The van der Waals surface area contributed by atoms with Gasteiger partial charge in [0.15, 0.2) is 0 Å². The summed E-state index contributed by atoms with van der Waals surface area (Å²) in [5.74, 6) is -0.0852. The van der Waals surface area contributed by atoms with Crippen LogP contribution in [0.5, 0.6) is 5.75 Å². The Bertz CT molecular complexity index is 692. The molecule has 2 rings (SSSR count). The molecule has 110 valence electrons. The lowest BCUT2D eigenvalue weighted by Crippen LogP contribution is -2.21. The number of carbonyl (C=O) groups excluding carboxylic acids is 1. The van der Waals surface area contributed by atoms with Crippen molar-refractivity contribution in [3.8, 4) is 5.75 Å². The van der Waals surface area contributed by atoms with Crippen molar-refractivity contribution in [2.45, 2.75) is 27.2 Å². The Morgan fingerprint density at radius 1 is 1.43 bits per heavy atom. The highest BCUT2D eigenvalue weighted by atomic mass is 32.1. The lowest BCUT2D eigenvalue weighted by atomic mass is 10.1. The van der Waals surface area contributed by atoms with Crippen molar-refractivity contribution < 1.29 is 9.90 Å². The number of phenols is 1. The number of benzene rings is 1. The predicted octanol–water partition coefficient (Wildman–Crippen LogP) is 2.55. The number of hydrogen-bond acceptors (Lipinski definition) is 5. The van der Waals surface area contributed by atoms with Gasteiger partial charge >= 0.3 is 0 Å². The zero-order valence-electron chi connectivity index (χ0n) is 12.2. The molecule has 5 nitrogen and oxygen atoms in total. The number of aromatic nitrogens is 1. The number of thiazole rings is 1. The maximum Gasteiger partial charge on any atom is 0.246 e. The van der Waals surface area contributed by atoms with Crippen LogP contribution in [0.1, 0.15) is 28.8 Å². The second kappa shape index (κ2) is 6.49. The molecule has 1 amide bonds. The minimum absolute atomic E-state index is 0.145. The highest BCUT2D eigenvalue weighted by molar-refractivity contribution is 7.09. The van der Waals surface area contributed by atoms with Gasteiger partial charge in [-0.05, 0) is 32.9 Å². The molecular weight excluding hydrogens is 286 g/mol. The minimum atomic E-state index is -0.230. The summed E-state index contributed by atoms with van der Waals surface area (Å²) in [6.07, 6.45) is 0.195. The summed E-state index contributed by atoms with van der Waals surface area (Å²) in [6.45, 7) is 5.57. The molecular formula is C15H17N3O2S. The molecule has 0 aliphatic carbocycles. The monoisotopic (exact) mass is 303 g/mol. The Morgan fingerprint density at radius 3 is 2.86 bits per heavy atom. The Labute approximate surface area is 127 Å². The van der Waals surface area contributed by atoms with Crippen LogP contribution in [0.2, 0.25) is 0 Å². The van der Waals surface area contributed by atoms with E-state index < -0.39 is 0 Å². The first kappa shape index (κ1) is 15.2. The van der Waals surface area contributed by atoms with Gasteiger partial charge in [0.1, 0.15) is 5.75 Å². The van der Waals surface area contributed by atoms with Gasteiger partial charge < -0.3 is 5.11 Å². The lowest BCUT2D eigenvalue weighted by Gasteiger charge is -2.06. The first-order chi connectivity index (χ1) is 9.95. The SMILES string of the molecule is C/C(=N\NC(=O)Cc1csc(C)n1)c1cc(C)ccc1O. The van der Waals surface area contributed by atoms with E-state index >= 15 is 0 Å². The maximum atomic E-state index is 11.8. The minimum Gasteiger partial charge on any atom is -0.507 e. The van der Waals surface area contributed by atoms with Crippen LogP contribution in [-0.4, -0.2) is 21.7 Å². The van der Waals surface area contributed by atoms with Crippen LogP contribution in [0.25, 0.3) is 0 Å². The van der Waals surface area contributed by atoms with Crippen molar-refractivity contribution in [2.24, 2.45) is 5.10 Å². The van der Waals surface area contributed by atoms with Gasteiger partial charge in [-0.3, -0.25) is 4.79 Å². The highest BCUT2D eigenvalue weighted by Crippen LogP contribution is 2.18. The van der Waals surface area contributed by atoms with Crippen LogP contribution >= 0.6 is 11.3 Å². The van der Waals surface area contributed by atoms with Crippen molar-refractivity contribution in [3.63, 3.8) is 0 Å². The molecule has 0 atom stereocenters. The van der Waals surface area contributed by atoms with Gasteiger partial charge in [0.25, 0.3) is 0 Å². The number of aryl methyl sites for hydroxylation is 2. The summed E-state index contributed by atoms with van der Waals surface area (Å²) >= 11 is 1.51. The second-order valence-electron chi connectivity index (χ2n) is 4.79. The summed E-state index contributed by atoms with van der Waals surface area (Å²) in [7, 11) is 0. The van der Waals surface area contributed by atoms with Crippen LogP contribution in [-0.2, 0) is 11.2 Å². The summed E-state index contributed by atoms with van der Waals surface area (Å²) in [5, 5.41) is 16.6. The van der Waals surface area contributed by atoms with Gasteiger partial charge in [-0.15, -0.1) is 11.3 Å². The van der Waals surface area contributed by atoms with Crippen molar-refractivity contribution in [1.82, 2.24) is 10.4 Å². The number of phenolic OH excluding ortho intramolecular Hbond substituents is 1. The normalized spacial score (nSPS) is 11.5. The Hall–Kier alpha value is -2.21. The van der Waals surface area contributed by atoms with Crippen LogP contribution < -0.4 is 5.43 Å². The number of amides is 1. The Morgan fingerprint density at radius 2 is 2.19 bits per heavy atom. The fourth-order valence-corrected chi connectivity index (χ4v) is 2.45. The summed E-state index contributed by atoms with van der Waals surface area (Å²) in [6, 6.07) is 5.25. The molecule has 0 saturated carbocycles. The first-order valence-electron chi connectivity index (χ1n) is 6.50. The van der Waals surface area contributed by atoms with Gasteiger partial charge in [0.05, 0.1) is 22.8 Å². The van der Waals surface area contributed by atoms with Gasteiger partial charge in [-0.1, -0.05) is 11.6 Å². The second-order valence-corrected chi connectivity index (χ2v) is 5.85. The molecule has 0 radical (unpaired) electrons. The third-order valence-electron chi connectivity index (χ3n) is 2.90. The molecule has 1 heterocycles. The molecule has 21 heavy (non-hydrogen) atoms. The smallest absolute Gasteiger partial charge is 0.246 e. The molecule has 0 fully saturated rings. The van der Waals surface area contributed by atoms with Crippen molar-refractivity contribution >= 4 is 23.0 Å². The number of aromatic hydroxyl groups is 1. The topological polar surface area (TPSA) is 74.6 Å². The van der Waals surface area contributed by atoms with E-state index in [4.69, 9.17) is 0 Å². The molecule has 2 aromatic rings. The predicted molar refractivity (Wildman–Crippen MR) is 83.8 cm³/mol. The Kier molecular flexibility index (Phi) is 4.70. The number of carbonyl (C=O) groups is 1. The quantitative estimate of drug-likeness (QED) is 0.673. The average Bonchev–Trinajstić information content (AvgIpc) is 2.84. The number of hydrogen-bond donors (Lipinski definition) is 2. The van der Waals surface area contributed by atoms with E-state index in [9.17, 15) is 9.90 Å². The number of nitrogens with zero attached hydrogens (tertiary/aromatic N) is 2. The third kappa shape index (κ3) is 4.13. The number of nitrogens with one attached hydrogen (secondary N) is 1. The average molecular weight is 303 g/mol. The van der Waals surface area contributed by atoms with E-state index in [1.807, 2.05) is 31.4 Å². The van der Waals surface area contributed by atoms with Crippen LogP contribution in [0.4, 0.5) is 0 Å².